The Bertz CT molecular complexity index is 122. The number of nitrogens with zero attached hydrogens (tertiary/aromatic N) is 1. The Morgan fingerprint density at radius 2 is 1.92 bits per heavy atom. The van der Waals surface area contributed by atoms with Crippen LogP contribution in [0.25, 0.3) is 0 Å². The first-order valence-corrected chi connectivity index (χ1v) is 6.03. The van der Waals surface area contributed by atoms with Crippen LogP contribution in [0.3, 0.4) is 0 Å². The second-order valence-electron chi connectivity index (χ2n) is 3.65. The highest BCUT2D eigenvalue weighted by molar-refractivity contribution is 14.1. The SMILES string of the molecule is CC(C[C@@H](C)I)N1CCNCC1. The molecule has 3 heteroatoms. The Morgan fingerprint density at radius 3 is 2.42 bits per heavy atom. The van der Waals surface area contributed by atoms with Crippen LogP contribution in [0.1, 0.15) is 20.3 Å². The fourth-order valence-electron chi connectivity index (χ4n) is 1.74. The van der Waals surface area contributed by atoms with Gasteiger partial charge >= 0.3 is 0 Å². The molecule has 0 aromatic heterocycles. The Morgan fingerprint density at radius 1 is 1.33 bits per heavy atom. The van der Waals surface area contributed by atoms with E-state index in [1.165, 1.54) is 32.6 Å². The molecule has 0 aromatic rings. The predicted octanol–water partition coefficient (Wildman–Crippen LogP) is 1.49. The van der Waals surface area contributed by atoms with E-state index in [0.717, 1.165) is 9.97 Å². The number of halogens is 1. The molecule has 2 atom stereocenters. The zero-order valence-electron chi connectivity index (χ0n) is 8.02. The maximum absolute atomic E-state index is 3.38. The molecule has 72 valence electrons. The molecular formula is C9H19IN2. The van der Waals surface area contributed by atoms with Crippen molar-refractivity contribution in [2.24, 2.45) is 0 Å². The second kappa shape index (κ2) is 5.40. The lowest BCUT2D eigenvalue weighted by atomic mass is 10.1. The summed E-state index contributed by atoms with van der Waals surface area (Å²) in [6, 6.07) is 0.763. The van der Waals surface area contributed by atoms with E-state index in [1.54, 1.807) is 0 Å². The fourth-order valence-corrected chi connectivity index (χ4v) is 2.48. The summed E-state index contributed by atoms with van der Waals surface area (Å²) in [5.74, 6) is 0. The standard InChI is InChI=1S/C9H19IN2/c1-8(10)7-9(2)12-5-3-11-4-6-12/h8-9,11H,3-7H2,1-2H3/t8-,9?/m1/s1. The van der Waals surface area contributed by atoms with Gasteiger partial charge < -0.3 is 5.32 Å². The molecular weight excluding hydrogens is 263 g/mol. The minimum atomic E-state index is 0.763. The van der Waals surface area contributed by atoms with E-state index in [1.807, 2.05) is 0 Å². The minimum Gasteiger partial charge on any atom is -0.314 e. The lowest BCUT2D eigenvalue weighted by molar-refractivity contribution is 0.178. The third-order valence-corrected chi connectivity index (χ3v) is 2.95. The lowest BCUT2D eigenvalue weighted by Crippen LogP contribution is -2.47. The van der Waals surface area contributed by atoms with Crippen molar-refractivity contribution in [1.29, 1.82) is 0 Å². The number of alkyl halides is 1. The molecule has 0 spiro atoms. The van der Waals surface area contributed by atoms with Gasteiger partial charge in [0.15, 0.2) is 0 Å². The van der Waals surface area contributed by atoms with Crippen molar-refractivity contribution in [2.75, 3.05) is 26.2 Å². The summed E-state index contributed by atoms with van der Waals surface area (Å²) in [6.45, 7) is 9.43. The van der Waals surface area contributed by atoms with Gasteiger partial charge in [-0.2, -0.15) is 0 Å². The number of piperazine rings is 1. The molecule has 1 saturated heterocycles. The van der Waals surface area contributed by atoms with Crippen molar-refractivity contribution in [3.05, 3.63) is 0 Å². The van der Waals surface area contributed by atoms with Crippen LogP contribution in [0.5, 0.6) is 0 Å². The zero-order chi connectivity index (χ0) is 8.97. The number of rotatable bonds is 3. The van der Waals surface area contributed by atoms with Gasteiger partial charge in [-0.25, -0.2) is 0 Å². The van der Waals surface area contributed by atoms with Gasteiger partial charge in [0, 0.05) is 36.1 Å². The maximum Gasteiger partial charge on any atom is 0.0110 e. The van der Waals surface area contributed by atoms with E-state index in [-0.39, 0.29) is 0 Å². The molecule has 0 aliphatic carbocycles. The highest BCUT2D eigenvalue weighted by Gasteiger charge is 2.16. The Balaban J connectivity index is 2.24. The first-order valence-electron chi connectivity index (χ1n) is 4.79. The topological polar surface area (TPSA) is 15.3 Å². The third kappa shape index (κ3) is 3.58. The normalized spacial score (nSPS) is 25.2. The highest BCUT2D eigenvalue weighted by atomic mass is 127. The van der Waals surface area contributed by atoms with Gasteiger partial charge in [0.25, 0.3) is 0 Å². The summed E-state index contributed by atoms with van der Waals surface area (Å²) in [6.07, 6.45) is 1.32. The van der Waals surface area contributed by atoms with Crippen LogP contribution in [0.4, 0.5) is 0 Å². The molecule has 1 unspecified atom stereocenters. The lowest BCUT2D eigenvalue weighted by Gasteiger charge is -2.33. The largest absolute Gasteiger partial charge is 0.314 e. The molecule has 1 aliphatic rings. The predicted molar refractivity (Wildman–Crippen MR) is 62.0 cm³/mol. The van der Waals surface area contributed by atoms with E-state index in [2.05, 4.69) is 46.7 Å². The smallest absolute Gasteiger partial charge is 0.0110 e. The summed E-state index contributed by atoms with van der Waals surface area (Å²) in [4.78, 5) is 2.59. The number of hydrogen-bond acceptors (Lipinski definition) is 2. The van der Waals surface area contributed by atoms with Gasteiger partial charge in [-0.1, -0.05) is 29.5 Å². The van der Waals surface area contributed by atoms with Crippen LogP contribution in [-0.4, -0.2) is 41.0 Å². The van der Waals surface area contributed by atoms with Gasteiger partial charge in [-0.15, -0.1) is 0 Å². The van der Waals surface area contributed by atoms with Crippen molar-refractivity contribution >= 4 is 22.6 Å². The van der Waals surface area contributed by atoms with Crippen LogP contribution in [0, 0.1) is 0 Å². The fraction of sp³-hybridized carbons (Fsp3) is 1.00. The molecule has 1 fully saturated rings. The van der Waals surface area contributed by atoms with Crippen molar-refractivity contribution < 1.29 is 0 Å². The quantitative estimate of drug-likeness (QED) is 0.623. The summed E-state index contributed by atoms with van der Waals surface area (Å²) in [5, 5.41) is 3.38. The first kappa shape index (κ1) is 10.7. The summed E-state index contributed by atoms with van der Waals surface area (Å²) >= 11 is 2.51. The molecule has 1 aliphatic heterocycles. The maximum atomic E-state index is 3.38. The average molecular weight is 282 g/mol. The van der Waals surface area contributed by atoms with Gasteiger partial charge in [0.05, 0.1) is 0 Å². The Kier molecular flexibility index (Phi) is 4.82. The Labute approximate surface area is 89.2 Å². The van der Waals surface area contributed by atoms with Crippen LogP contribution in [0.15, 0.2) is 0 Å². The van der Waals surface area contributed by atoms with Crippen LogP contribution in [-0.2, 0) is 0 Å². The highest BCUT2D eigenvalue weighted by Crippen LogP contribution is 2.12. The van der Waals surface area contributed by atoms with E-state index in [0.29, 0.717) is 0 Å². The molecule has 0 amide bonds. The summed E-state index contributed by atoms with van der Waals surface area (Å²) in [5.41, 5.74) is 0. The van der Waals surface area contributed by atoms with E-state index >= 15 is 0 Å². The zero-order valence-corrected chi connectivity index (χ0v) is 10.2. The average Bonchev–Trinajstić information content (AvgIpc) is 2.05. The third-order valence-electron chi connectivity index (χ3n) is 2.44. The van der Waals surface area contributed by atoms with Crippen LogP contribution < -0.4 is 5.32 Å². The number of hydrogen-bond donors (Lipinski definition) is 1. The molecule has 2 nitrogen and oxygen atoms in total. The van der Waals surface area contributed by atoms with E-state index in [4.69, 9.17) is 0 Å². The van der Waals surface area contributed by atoms with Crippen LogP contribution in [0.2, 0.25) is 0 Å². The molecule has 1 heterocycles. The van der Waals surface area contributed by atoms with E-state index < -0.39 is 0 Å². The van der Waals surface area contributed by atoms with Crippen molar-refractivity contribution in [2.45, 2.75) is 30.2 Å². The monoisotopic (exact) mass is 282 g/mol. The van der Waals surface area contributed by atoms with Gasteiger partial charge in [0.1, 0.15) is 0 Å². The molecule has 0 saturated carbocycles. The molecule has 0 radical (unpaired) electrons. The number of nitrogens with one attached hydrogen (secondary N) is 1. The molecule has 0 aromatic carbocycles. The molecule has 1 rings (SSSR count). The molecule has 12 heavy (non-hydrogen) atoms. The van der Waals surface area contributed by atoms with Gasteiger partial charge in [-0.3, -0.25) is 4.90 Å². The summed E-state index contributed by atoms with van der Waals surface area (Å²) < 4.78 is 0.799. The minimum absolute atomic E-state index is 0.763. The van der Waals surface area contributed by atoms with E-state index in [9.17, 15) is 0 Å². The summed E-state index contributed by atoms with van der Waals surface area (Å²) in [7, 11) is 0. The first-order chi connectivity index (χ1) is 5.70. The van der Waals surface area contributed by atoms with Crippen molar-refractivity contribution in [1.82, 2.24) is 10.2 Å². The van der Waals surface area contributed by atoms with Crippen molar-refractivity contribution in [3.63, 3.8) is 0 Å². The molecule has 1 N–H and O–H groups in total. The Hall–Kier alpha value is 0.650. The molecule has 0 bridgehead atoms. The van der Waals surface area contributed by atoms with Crippen LogP contribution >= 0.6 is 22.6 Å². The van der Waals surface area contributed by atoms with Crippen molar-refractivity contribution in [3.8, 4) is 0 Å². The van der Waals surface area contributed by atoms with Gasteiger partial charge in [0.2, 0.25) is 0 Å². The van der Waals surface area contributed by atoms with Gasteiger partial charge in [-0.05, 0) is 13.3 Å². The second-order valence-corrected chi connectivity index (χ2v) is 5.78.